The van der Waals surface area contributed by atoms with Gasteiger partial charge in [0.2, 0.25) is 0 Å². The molecule has 1 aliphatic heterocycles. The zero-order chi connectivity index (χ0) is 19.8. The van der Waals surface area contributed by atoms with Gasteiger partial charge in [-0.25, -0.2) is 4.99 Å². The fourth-order valence-corrected chi connectivity index (χ4v) is 3.29. The minimum Gasteiger partial charge on any atom is -0.486 e. The minimum absolute atomic E-state index is 0.00575. The summed E-state index contributed by atoms with van der Waals surface area (Å²) in [7, 11) is 0. The molecule has 7 heteroatoms. The third-order valence-corrected chi connectivity index (χ3v) is 4.71. The van der Waals surface area contributed by atoms with E-state index in [1.807, 2.05) is 49.4 Å². The van der Waals surface area contributed by atoms with Crippen LogP contribution in [-0.4, -0.2) is 44.0 Å². The van der Waals surface area contributed by atoms with Crippen LogP contribution in [0.1, 0.15) is 24.0 Å². The van der Waals surface area contributed by atoms with Crippen molar-refractivity contribution in [3.8, 4) is 11.5 Å². The van der Waals surface area contributed by atoms with Gasteiger partial charge in [0.25, 0.3) is 0 Å². The van der Waals surface area contributed by atoms with E-state index >= 15 is 0 Å². The van der Waals surface area contributed by atoms with E-state index in [1.165, 1.54) is 0 Å². The summed E-state index contributed by atoms with van der Waals surface area (Å²) in [4.78, 5) is 4.63. The van der Waals surface area contributed by atoms with Crippen molar-refractivity contribution in [3.05, 3.63) is 58.6 Å². The van der Waals surface area contributed by atoms with Crippen LogP contribution in [0.5, 0.6) is 11.5 Å². The average molecular weight is 404 g/mol. The summed E-state index contributed by atoms with van der Waals surface area (Å²) >= 11 is 6.30. The Morgan fingerprint density at radius 3 is 2.71 bits per heavy atom. The Morgan fingerprint density at radius 1 is 1.18 bits per heavy atom. The molecular weight excluding hydrogens is 378 g/mol. The number of aliphatic hydroxyl groups excluding tert-OH is 1. The summed E-state index contributed by atoms with van der Waals surface area (Å²) in [6, 6.07) is 13.7. The van der Waals surface area contributed by atoms with E-state index in [9.17, 15) is 5.11 Å². The number of benzene rings is 2. The molecule has 2 aromatic rings. The van der Waals surface area contributed by atoms with Gasteiger partial charge in [-0.05, 0) is 30.2 Å². The first-order valence-corrected chi connectivity index (χ1v) is 9.85. The molecule has 28 heavy (non-hydrogen) atoms. The van der Waals surface area contributed by atoms with Crippen molar-refractivity contribution in [3.63, 3.8) is 0 Å². The molecule has 0 fully saturated rings. The molecule has 3 rings (SSSR count). The second kappa shape index (κ2) is 10.2. The van der Waals surface area contributed by atoms with Crippen molar-refractivity contribution in [2.24, 2.45) is 4.99 Å². The highest BCUT2D eigenvalue weighted by Crippen LogP contribution is 2.38. The normalized spacial score (nSPS) is 14.5. The van der Waals surface area contributed by atoms with Crippen LogP contribution in [0.3, 0.4) is 0 Å². The monoisotopic (exact) mass is 403 g/mol. The first-order valence-electron chi connectivity index (χ1n) is 9.47. The fraction of sp³-hybridized carbons (Fsp3) is 0.381. The number of hydrogen-bond acceptors (Lipinski definition) is 4. The lowest BCUT2D eigenvalue weighted by Crippen LogP contribution is -2.39. The van der Waals surface area contributed by atoms with Gasteiger partial charge in [0.05, 0.1) is 18.2 Å². The van der Waals surface area contributed by atoms with Crippen LogP contribution in [0.15, 0.2) is 47.5 Å². The summed E-state index contributed by atoms with van der Waals surface area (Å²) < 4.78 is 11.2. The quantitative estimate of drug-likeness (QED) is 0.489. The van der Waals surface area contributed by atoms with Crippen molar-refractivity contribution in [2.75, 3.05) is 32.9 Å². The van der Waals surface area contributed by atoms with Gasteiger partial charge in [0.1, 0.15) is 13.2 Å². The molecule has 0 bridgehead atoms. The number of hydrogen-bond donors (Lipinski definition) is 3. The number of aliphatic imine (C=N–C) groups is 1. The minimum atomic E-state index is -0.00575. The number of aliphatic hydroxyl groups is 1. The number of guanidine groups is 1. The van der Waals surface area contributed by atoms with Gasteiger partial charge >= 0.3 is 0 Å². The van der Waals surface area contributed by atoms with E-state index in [1.54, 1.807) is 0 Å². The molecular formula is C21H26ClN3O3. The Hall–Kier alpha value is -2.44. The number of halogens is 1. The van der Waals surface area contributed by atoms with Gasteiger partial charge in [-0.3, -0.25) is 0 Å². The Kier molecular flexibility index (Phi) is 7.39. The number of rotatable bonds is 7. The Balaban J connectivity index is 1.66. The van der Waals surface area contributed by atoms with E-state index in [0.717, 1.165) is 17.7 Å². The number of nitrogens with zero attached hydrogens (tertiary/aromatic N) is 1. The molecule has 2 aromatic carbocycles. The van der Waals surface area contributed by atoms with E-state index in [2.05, 4.69) is 15.6 Å². The van der Waals surface area contributed by atoms with Crippen LogP contribution in [0.4, 0.5) is 0 Å². The lowest BCUT2D eigenvalue weighted by atomic mass is 10.0. The molecule has 150 valence electrons. The largest absolute Gasteiger partial charge is 0.486 e. The van der Waals surface area contributed by atoms with Gasteiger partial charge in [0.15, 0.2) is 17.5 Å². The van der Waals surface area contributed by atoms with Crippen molar-refractivity contribution in [2.45, 2.75) is 19.4 Å². The SMILES string of the molecule is CCNC(=NCc1cc(Cl)c2c(c1)OCCO2)NCC(CO)c1ccccc1. The van der Waals surface area contributed by atoms with Crippen LogP contribution >= 0.6 is 11.6 Å². The van der Waals surface area contributed by atoms with E-state index in [0.29, 0.717) is 48.8 Å². The molecule has 0 saturated heterocycles. The lowest BCUT2D eigenvalue weighted by molar-refractivity contribution is 0.171. The highest BCUT2D eigenvalue weighted by molar-refractivity contribution is 6.32. The zero-order valence-electron chi connectivity index (χ0n) is 16.0. The third kappa shape index (κ3) is 5.30. The Bertz CT molecular complexity index is 799. The molecule has 1 atom stereocenters. The van der Waals surface area contributed by atoms with E-state index in [4.69, 9.17) is 21.1 Å². The molecule has 1 heterocycles. The maximum absolute atomic E-state index is 9.73. The molecule has 0 amide bonds. The smallest absolute Gasteiger partial charge is 0.191 e. The van der Waals surface area contributed by atoms with Crippen molar-refractivity contribution in [1.29, 1.82) is 0 Å². The molecule has 3 N–H and O–H groups in total. The molecule has 1 unspecified atom stereocenters. The standard InChI is InChI=1S/C21H26ClN3O3/c1-2-23-21(25-13-17(14-26)16-6-4-3-5-7-16)24-12-15-10-18(22)20-19(11-15)27-8-9-28-20/h3-7,10-11,17,26H,2,8-9,12-14H2,1H3,(H2,23,24,25). The second-order valence-electron chi connectivity index (χ2n) is 6.47. The summed E-state index contributed by atoms with van der Waals surface area (Å²) in [5.41, 5.74) is 2.03. The van der Waals surface area contributed by atoms with Crippen molar-refractivity contribution < 1.29 is 14.6 Å². The predicted molar refractivity (Wildman–Crippen MR) is 112 cm³/mol. The van der Waals surface area contributed by atoms with Gasteiger partial charge in [0, 0.05) is 19.0 Å². The van der Waals surface area contributed by atoms with Crippen LogP contribution < -0.4 is 20.1 Å². The fourth-order valence-electron chi connectivity index (χ4n) is 3.00. The van der Waals surface area contributed by atoms with Crippen LogP contribution in [-0.2, 0) is 6.54 Å². The zero-order valence-corrected chi connectivity index (χ0v) is 16.7. The van der Waals surface area contributed by atoms with Crippen molar-refractivity contribution >= 4 is 17.6 Å². The highest BCUT2D eigenvalue weighted by Gasteiger charge is 2.16. The lowest BCUT2D eigenvalue weighted by Gasteiger charge is -2.20. The van der Waals surface area contributed by atoms with Gasteiger partial charge in [-0.15, -0.1) is 0 Å². The first-order chi connectivity index (χ1) is 13.7. The van der Waals surface area contributed by atoms with Gasteiger partial charge in [-0.2, -0.15) is 0 Å². The second-order valence-corrected chi connectivity index (χ2v) is 6.88. The summed E-state index contributed by atoms with van der Waals surface area (Å²) in [6.07, 6.45) is 0. The van der Waals surface area contributed by atoms with E-state index in [-0.39, 0.29) is 12.5 Å². The average Bonchev–Trinajstić information content (AvgIpc) is 2.73. The summed E-state index contributed by atoms with van der Waals surface area (Å²) in [5.74, 6) is 1.93. The Morgan fingerprint density at radius 2 is 1.96 bits per heavy atom. The first kappa shape index (κ1) is 20.3. The molecule has 6 nitrogen and oxygen atoms in total. The molecule has 0 radical (unpaired) electrons. The van der Waals surface area contributed by atoms with Crippen molar-refractivity contribution in [1.82, 2.24) is 10.6 Å². The number of ether oxygens (including phenoxy) is 2. The molecule has 0 spiro atoms. The maximum Gasteiger partial charge on any atom is 0.191 e. The maximum atomic E-state index is 9.73. The predicted octanol–water partition coefficient (Wildman–Crippen LogP) is 2.94. The topological polar surface area (TPSA) is 75.1 Å². The Labute approximate surface area is 170 Å². The number of nitrogens with one attached hydrogen (secondary N) is 2. The van der Waals surface area contributed by atoms with E-state index < -0.39 is 0 Å². The van der Waals surface area contributed by atoms with Crippen LogP contribution in [0, 0.1) is 0 Å². The van der Waals surface area contributed by atoms with Gasteiger partial charge < -0.3 is 25.2 Å². The molecule has 0 aromatic heterocycles. The van der Waals surface area contributed by atoms with Crippen LogP contribution in [0.25, 0.3) is 0 Å². The molecule has 1 aliphatic rings. The van der Waals surface area contributed by atoms with Gasteiger partial charge in [-0.1, -0.05) is 41.9 Å². The summed E-state index contributed by atoms with van der Waals surface area (Å²) in [6.45, 7) is 4.86. The highest BCUT2D eigenvalue weighted by atomic mass is 35.5. The molecule has 0 aliphatic carbocycles. The van der Waals surface area contributed by atoms with Crippen LogP contribution in [0.2, 0.25) is 5.02 Å². The third-order valence-electron chi connectivity index (χ3n) is 4.43. The summed E-state index contributed by atoms with van der Waals surface area (Å²) in [5, 5.41) is 16.8. The molecule has 0 saturated carbocycles. The number of fused-ring (bicyclic) bond motifs is 1.